The number of anilines is 1. The minimum absolute atomic E-state index is 0.000704. The molecule has 34 heavy (non-hydrogen) atoms. The van der Waals surface area contributed by atoms with E-state index in [0.717, 1.165) is 22.7 Å². The molecule has 0 spiro atoms. The van der Waals surface area contributed by atoms with Crippen LogP contribution < -0.4 is 9.64 Å². The van der Waals surface area contributed by atoms with E-state index in [2.05, 4.69) is 20.9 Å². The summed E-state index contributed by atoms with van der Waals surface area (Å²) in [7, 11) is 0. The number of aryl methyl sites for hydroxylation is 1. The number of aromatic nitrogens is 3. The molecule has 0 unspecified atom stereocenters. The molecule has 170 valence electrons. The van der Waals surface area contributed by atoms with Gasteiger partial charge in [0.25, 0.3) is 5.91 Å². The molecule has 0 atom stereocenters. The van der Waals surface area contributed by atoms with Crippen molar-refractivity contribution in [2.24, 2.45) is 0 Å². The molecular formula is C26H24N6O2. The van der Waals surface area contributed by atoms with Crippen molar-refractivity contribution in [3.05, 3.63) is 89.5 Å². The van der Waals surface area contributed by atoms with Crippen LogP contribution in [0.1, 0.15) is 27.2 Å². The molecule has 5 rings (SSSR count). The van der Waals surface area contributed by atoms with Gasteiger partial charge in [0.05, 0.1) is 17.3 Å². The van der Waals surface area contributed by atoms with Crippen LogP contribution in [-0.4, -0.2) is 51.4 Å². The first kappa shape index (κ1) is 21.5. The summed E-state index contributed by atoms with van der Waals surface area (Å²) in [5.41, 5.74) is 4.11. The van der Waals surface area contributed by atoms with E-state index in [-0.39, 0.29) is 5.91 Å². The van der Waals surface area contributed by atoms with Gasteiger partial charge in [0.1, 0.15) is 23.8 Å². The highest BCUT2D eigenvalue weighted by Crippen LogP contribution is 2.19. The molecule has 1 aromatic carbocycles. The molecule has 1 amide bonds. The first-order chi connectivity index (χ1) is 16.6. The third-order valence-electron chi connectivity index (χ3n) is 5.98. The molecule has 1 aliphatic rings. The number of benzene rings is 1. The minimum Gasteiger partial charge on any atom is -0.487 e. The van der Waals surface area contributed by atoms with Crippen LogP contribution in [0, 0.1) is 18.3 Å². The van der Waals surface area contributed by atoms with Gasteiger partial charge in [-0.3, -0.25) is 4.79 Å². The van der Waals surface area contributed by atoms with Gasteiger partial charge in [-0.25, -0.2) is 9.97 Å². The molecule has 0 aliphatic carbocycles. The van der Waals surface area contributed by atoms with Crippen molar-refractivity contribution in [1.82, 2.24) is 19.3 Å². The Labute approximate surface area is 197 Å². The second-order valence-corrected chi connectivity index (χ2v) is 8.26. The molecule has 0 saturated carbocycles. The smallest absolute Gasteiger partial charge is 0.253 e. The lowest BCUT2D eigenvalue weighted by Crippen LogP contribution is -2.49. The predicted octanol–water partition coefficient (Wildman–Crippen LogP) is 3.45. The SMILES string of the molecule is Cc1cccn2cc(COc3ccc(C(=O)N4CCN(c5cc(C#N)ccn5)CC4)cc3)nc12. The van der Waals surface area contributed by atoms with Crippen molar-refractivity contribution in [3.63, 3.8) is 0 Å². The van der Waals surface area contributed by atoms with E-state index in [4.69, 9.17) is 10.00 Å². The van der Waals surface area contributed by atoms with E-state index in [0.29, 0.717) is 49.7 Å². The summed E-state index contributed by atoms with van der Waals surface area (Å²) < 4.78 is 7.88. The van der Waals surface area contributed by atoms with Crippen LogP contribution in [0.15, 0.2) is 67.1 Å². The van der Waals surface area contributed by atoms with Crippen LogP contribution in [0.2, 0.25) is 0 Å². The van der Waals surface area contributed by atoms with Crippen LogP contribution in [0.25, 0.3) is 5.65 Å². The molecule has 0 bridgehead atoms. The lowest BCUT2D eigenvalue weighted by Gasteiger charge is -2.35. The Morgan fingerprint density at radius 3 is 2.65 bits per heavy atom. The Morgan fingerprint density at radius 1 is 1.12 bits per heavy atom. The third-order valence-corrected chi connectivity index (χ3v) is 5.98. The van der Waals surface area contributed by atoms with E-state index in [1.165, 1.54) is 0 Å². The molecular weight excluding hydrogens is 428 g/mol. The molecule has 8 nitrogen and oxygen atoms in total. The van der Waals surface area contributed by atoms with Gasteiger partial charge >= 0.3 is 0 Å². The van der Waals surface area contributed by atoms with Crippen LogP contribution in [0.3, 0.4) is 0 Å². The van der Waals surface area contributed by atoms with Crippen molar-refractivity contribution in [2.75, 3.05) is 31.1 Å². The van der Waals surface area contributed by atoms with Gasteiger partial charge < -0.3 is 18.9 Å². The van der Waals surface area contributed by atoms with E-state index in [1.54, 1.807) is 30.5 Å². The van der Waals surface area contributed by atoms with Crippen molar-refractivity contribution in [2.45, 2.75) is 13.5 Å². The Morgan fingerprint density at radius 2 is 1.91 bits per heavy atom. The molecule has 8 heteroatoms. The van der Waals surface area contributed by atoms with Crippen molar-refractivity contribution >= 4 is 17.4 Å². The van der Waals surface area contributed by atoms with Gasteiger partial charge in [-0.2, -0.15) is 5.26 Å². The number of piperazine rings is 1. The van der Waals surface area contributed by atoms with Gasteiger partial charge in [0.15, 0.2) is 0 Å². The van der Waals surface area contributed by atoms with Crippen molar-refractivity contribution in [1.29, 1.82) is 5.26 Å². The van der Waals surface area contributed by atoms with E-state index in [9.17, 15) is 4.79 Å². The summed E-state index contributed by atoms with van der Waals surface area (Å²) in [6.45, 7) is 4.94. The van der Waals surface area contributed by atoms with Crippen LogP contribution in [0.5, 0.6) is 5.75 Å². The number of nitriles is 1. The third kappa shape index (κ3) is 4.41. The highest BCUT2D eigenvalue weighted by atomic mass is 16.5. The number of carbonyl (C=O) groups excluding carboxylic acids is 1. The van der Waals surface area contributed by atoms with Gasteiger partial charge in [0, 0.05) is 50.3 Å². The molecule has 4 heterocycles. The summed E-state index contributed by atoms with van der Waals surface area (Å²) in [5, 5.41) is 9.09. The van der Waals surface area contributed by atoms with E-state index in [1.807, 2.05) is 52.9 Å². The zero-order valence-corrected chi connectivity index (χ0v) is 18.9. The Hall–Kier alpha value is -4.38. The molecule has 1 saturated heterocycles. The molecule has 0 radical (unpaired) electrons. The van der Waals surface area contributed by atoms with Crippen LogP contribution in [0.4, 0.5) is 5.82 Å². The summed E-state index contributed by atoms with van der Waals surface area (Å²) in [5.74, 6) is 1.47. The maximum Gasteiger partial charge on any atom is 0.253 e. The number of rotatable bonds is 5. The molecule has 1 aliphatic heterocycles. The second kappa shape index (κ2) is 9.24. The van der Waals surface area contributed by atoms with Crippen molar-refractivity contribution in [3.8, 4) is 11.8 Å². The fourth-order valence-electron chi connectivity index (χ4n) is 4.11. The van der Waals surface area contributed by atoms with Gasteiger partial charge in [-0.05, 0) is 55.0 Å². The molecule has 0 N–H and O–H groups in total. The summed E-state index contributed by atoms with van der Waals surface area (Å²) in [6, 6.07) is 16.9. The monoisotopic (exact) mass is 452 g/mol. The number of ether oxygens (including phenoxy) is 1. The minimum atomic E-state index is 0.000704. The number of nitrogens with zero attached hydrogens (tertiary/aromatic N) is 6. The van der Waals surface area contributed by atoms with E-state index < -0.39 is 0 Å². The average molecular weight is 453 g/mol. The first-order valence-corrected chi connectivity index (χ1v) is 11.2. The number of pyridine rings is 2. The maximum absolute atomic E-state index is 13.0. The lowest BCUT2D eigenvalue weighted by atomic mass is 10.1. The quantitative estimate of drug-likeness (QED) is 0.461. The Bertz CT molecular complexity index is 1360. The summed E-state index contributed by atoms with van der Waals surface area (Å²) in [6.07, 6.45) is 5.58. The Kier molecular flexibility index (Phi) is 5.83. The number of hydrogen-bond donors (Lipinski definition) is 0. The molecule has 3 aromatic heterocycles. The molecule has 1 fully saturated rings. The number of hydrogen-bond acceptors (Lipinski definition) is 6. The van der Waals surface area contributed by atoms with Gasteiger partial charge in [-0.15, -0.1) is 0 Å². The average Bonchev–Trinajstić information content (AvgIpc) is 3.32. The standard InChI is InChI=1S/C26H24N6O2/c1-19-3-2-10-32-17-22(29-25(19)32)18-34-23-6-4-21(5-7-23)26(33)31-13-11-30(12-14-31)24-15-20(16-27)8-9-28-24/h2-10,15,17H,11-14,18H2,1H3. The van der Waals surface area contributed by atoms with Gasteiger partial charge in [-0.1, -0.05) is 6.07 Å². The fourth-order valence-corrected chi connectivity index (χ4v) is 4.11. The van der Waals surface area contributed by atoms with Gasteiger partial charge in [0.2, 0.25) is 0 Å². The predicted molar refractivity (Wildman–Crippen MR) is 128 cm³/mol. The van der Waals surface area contributed by atoms with Crippen LogP contribution >= 0.6 is 0 Å². The van der Waals surface area contributed by atoms with E-state index >= 15 is 0 Å². The summed E-state index contributed by atoms with van der Waals surface area (Å²) >= 11 is 0. The normalized spacial score (nSPS) is 13.6. The number of fused-ring (bicyclic) bond motifs is 1. The first-order valence-electron chi connectivity index (χ1n) is 11.2. The Balaban J connectivity index is 1.17. The second-order valence-electron chi connectivity index (χ2n) is 8.26. The lowest BCUT2D eigenvalue weighted by molar-refractivity contribution is 0.0746. The number of imidazole rings is 1. The topological polar surface area (TPSA) is 86.8 Å². The van der Waals surface area contributed by atoms with Crippen molar-refractivity contribution < 1.29 is 9.53 Å². The fraction of sp³-hybridized carbons (Fsp3) is 0.231. The summed E-state index contributed by atoms with van der Waals surface area (Å²) in [4.78, 5) is 25.9. The highest BCUT2D eigenvalue weighted by molar-refractivity contribution is 5.94. The highest BCUT2D eigenvalue weighted by Gasteiger charge is 2.23. The molecule has 4 aromatic rings. The zero-order chi connectivity index (χ0) is 23.5. The van der Waals surface area contributed by atoms with Crippen LogP contribution in [-0.2, 0) is 6.61 Å². The zero-order valence-electron chi connectivity index (χ0n) is 18.9. The maximum atomic E-state index is 13.0. The largest absolute Gasteiger partial charge is 0.487 e. The number of carbonyl (C=O) groups is 1. The number of amides is 1.